The Labute approximate surface area is 129 Å². The molecule has 1 aliphatic rings. The predicted octanol–water partition coefficient (Wildman–Crippen LogP) is 3.72. The largest absolute Gasteiger partial charge is 0.398 e. The van der Waals surface area contributed by atoms with Gasteiger partial charge in [0.1, 0.15) is 0 Å². The minimum absolute atomic E-state index is 0.316. The van der Waals surface area contributed by atoms with E-state index in [9.17, 15) is 0 Å². The Hall–Kier alpha value is -1.62. The van der Waals surface area contributed by atoms with Gasteiger partial charge >= 0.3 is 0 Å². The summed E-state index contributed by atoms with van der Waals surface area (Å²) in [5.41, 5.74) is 7.56. The standard InChI is InChI=1S/C15H20ClN5/c1-15(2)8-4-5-10(9-15)21-14(18-19-20-21)11-6-3-7-12(17)13(11)16/h3,6-7,10H,4-5,8-9,17H2,1-2H3. The third kappa shape index (κ3) is 2.75. The summed E-state index contributed by atoms with van der Waals surface area (Å²) in [6.45, 7) is 4.60. The highest BCUT2D eigenvalue weighted by Gasteiger charge is 2.31. The number of halogens is 1. The van der Waals surface area contributed by atoms with E-state index in [1.165, 1.54) is 12.8 Å². The van der Waals surface area contributed by atoms with Gasteiger partial charge in [-0.15, -0.1) is 5.10 Å². The van der Waals surface area contributed by atoms with Crippen molar-refractivity contribution in [2.75, 3.05) is 5.73 Å². The molecule has 0 spiro atoms. The number of hydrogen-bond donors (Lipinski definition) is 1. The normalized spacial score (nSPS) is 21.4. The lowest BCUT2D eigenvalue weighted by Gasteiger charge is -2.35. The molecule has 0 radical (unpaired) electrons. The number of anilines is 1. The second kappa shape index (κ2) is 5.30. The molecular formula is C15H20ClN5. The van der Waals surface area contributed by atoms with Gasteiger partial charge in [0.05, 0.1) is 16.8 Å². The molecule has 0 bridgehead atoms. The molecule has 2 N–H and O–H groups in total. The first-order valence-electron chi connectivity index (χ1n) is 7.30. The minimum Gasteiger partial charge on any atom is -0.398 e. The number of aromatic nitrogens is 4. The van der Waals surface area contributed by atoms with Crippen LogP contribution >= 0.6 is 11.6 Å². The van der Waals surface area contributed by atoms with Gasteiger partial charge in [-0.1, -0.05) is 37.9 Å². The van der Waals surface area contributed by atoms with Crippen LogP contribution in [0.25, 0.3) is 11.4 Å². The molecule has 1 aromatic heterocycles. The summed E-state index contributed by atoms with van der Waals surface area (Å²) in [5.74, 6) is 0.704. The molecule has 1 saturated carbocycles. The van der Waals surface area contributed by atoms with E-state index in [4.69, 9.17) is 17.3 Å². The third-order valence-electron chi connectivity index (χ3n) is 4.29. The average molecular weight is 306 g/mol. The van der Waals surface area contributed by atoms with Crippen molar-refractivity contribution in [3.63, 3.8) is 0 Å². The van der Waals surface area contributed by atoms with Gasteiger partial charge in [0.25, 0.3) is 0 Å². The molecule has 1 atom stereocenters. The fourth-order valence-electron chi connectivity index (χ4n) is 3.21. The van der Waals surface area contributed by atoms with Gasteiger partial charge in [-0.05, 0) is 47.2 Å². The van der Waals surface area contributed by atoms with Crippen LogP contribution < -0.4 is 5.73 Å². The zero-order valence-electron chi connectivity index (χ0n) is 12.4. The van der Waals surface area contributed by atoms with Crippen LogP contribution in [-0.4, -0.2) is 20.2 Å². The zero-order chi connectivity index (χ0) is 15.0. The Bertz CT molecular complexity index is 649. The van der Waals surface area contributed by atoms with Crippen molar-refractivity contribution in [2.24, 2.45) is 5.41 Å². The van der Waals surface area contributed by atoms with Gasteiger partial charge in [-0.3, -0.25) is 0 Å². The molecule has 1 unspecified atom stereocenters. The summed E-state index contributed by atoms with van der Waals surface area (Å²) in [5, 5.41) is 12.8. The lowest BCUT2D eigenvalue weighted by atomic mass is 9.75. The Balaban J connectivity index is 2.00. The molecule has 21 heavy (non-hydrogen) atoms. The first-order valence-corrected chi connectivity index (χ1v) is 7.68. The van der Waals surface area contributed by atoms with Crippen LogP contribution in [-0.2, 0) is 0 Å². The summed E-state index contributed by atoms with van der Waals surface area (Å²) in [4.78, 5) is 0. The van der Waals surface area contributed by atoms with Gasteiger partial charge in [0, 0.05) is 5.56 Å². The highest BCUT2D eigenvalue weighted by molar-refractivity contribution is 6.35. The summed E-state index contributed by atoms with van der Waals surface area (Å²) in [6, 6.07) is 5.88. The molecule has 0 amide bonds. The van der Waals surface area contributed by atoms with Crippen LogP contribution in [0.5, 0.6) is 0 Å². The molecule has 112 valence electrons. The van der Waals surface area contributed by atoms with Gasteiger partial charge in [0.2, 0.25) is 0 Å². The summed E-state index contributed by atoms with van der Waals surface area (Å²) < 4.78 is 1.92. The predicted molar refractivity (Wildman–Crippen MR) is 84.0 cm³/mol. The number of hydrogen-bond acceptors (Lipinski definition) is 4. The first-order chi connectivity index (χ1) is 9.98. The van der Waals surface area contributed by atoms with E-state index in [0.717, 1.165) is 18.4 Å². The van der Waals surface area contributed by atoms with Crippen molar-refractivity contribution in [3.05, 3.63) is 23.2 Å². The number of nitrogens with two attached hydrogens (primary N) is 1. The van der Waals surface area contributed by atoms with E-state index < -0.39 is 0 Å². The lowest BCUT2D eigenvalue weighted by molar-refractivity contribution is 0.174. The number of nitrogen functional groups attached to an aromatic ring is 1. The lowest BCUT2D eigenvalue weighted by Crippen LogP contribution is -2.26. The summed E-state index contributed by atoms with van der Waals surface area (Å²) in [6.07, 6.45) is 4.62. The highest BCUT2D eigenvalue weighted by atomic mass is 35.5. The maximum absolute atomic E-state index is 6.32. The van der Waals surface area contributed by atoms with E-state index in [1.54, 1.807) is 6.07 Å². The molecule has 5 nitrogen and oxygen atoms in total. The van der Waals surface area contributed by atoms with Crippen LogP contribution in [0, 0.1) is 5.41 Å². The van der Waals surface area contributed by atoms with Crippen molar-refractivity contribution >= 4 is 17.3 Å². The Kier molecular flexibility index (Phi) is 3.61. The summed E-state index contributed by atoms with van der Waals surface area (Å²) >= 11 is 6.32. The van der Waals surface area contributed by atoms with Crippen molar-refractivity contribution in [1.82, 2.24) is 20.2 Å². The van der Waals surface area contributed by atoms with E-state index in [-0.39, 0.29) is 0 Å². The molecule has 2 aromatic rings. The van der Waals surface area contributed by atoms with E-state index in [1.807, 2.05) is 16.8 Å². The second-order valence-electron chi connectivity index (χ2n) is 6.57. The van der Waals surface area contributed by atoms with Crippen LogP contribution in [0.3, 0.4) is 0 Å². The van der Waals surface area contributed by atoms with E-state index >= 15 is 0 Å². The number of benzene rings is 1. The second-order valence-corrected chi connectivity index (χ2v) is 6.95. The first kappa shape index (κ1) is 14.3. The molecule has 6 heteroatoms. The van der Waals surface area contributed by atoms with Crippen LogP contribution in [0.15, 0.2) is 18.2 Å². The molecule has 1 aliphatic carbocycles. The van der Waals surface area contributed by atoms with Crippen LogP contribution in [0.2, 0.25) is 5.02 Å². The zero-order valence-corrected chi connectivity index (χ0v) is 13.1. The highest BCUT2D eigenvalue weighted by Crippen LogP contribution is 2.42. The van der Waals surface area contributed by atoms with Crippen molar-refractivity contribution in [2.45, 2.75) is 45.6 Å². The smallest absolute Gasteiger partial charge is 0.183 e. The van der Waals surface area contributed by atoms with Gasteiger partial charge in [0.15, 0.2) is 5.82 Å². The number of nitrogens with zero attached hydrogens (tertiary/aromatic N) is 4. The van der Waals surface area contributed by atoms with Crippen LogP contribution in [0.1, 0.15) is 45.6 Å². The molecule has 1 aromatic carbocycles. The number of rotatable bonds is 2. The molecular weight excluding hydrogens is 286 g/mol. The maximum Gasteiger partial charge on any atom is 0.183 e. The fraction of sp³-hybridized carbons (Fsp3) is 0.533. The average Bonchev–Trinajstić information content (AvgIpc) is 2.90. The topological polar surface area (TPSA) is 69.6 Å². The molecule has 1 heterocycles. The SMILES string of the molecule is CC1(C)CCCC(n2nnnc2-c2cccc(N)c2Cl)C1. The Morgan fingerprint density at radius 3 is 2.95 bits per heavy atom. The molecule has 0 saturated heterocycles. The molecule has 1 fully saturated rings. The monoisotopic (exact) mass is 305 g/mol. The van der Waals surface area contributed by atoms with Gasteiger partial charge < -0.3 is 5.73 Å². The van der Waals surface area contributed by atoms with Crippen molar-refractivity contribution in [3.8, 4) is 11.4 Å². The number of tetrazole rings is 1. The Morgan fingerprint density at radius 1 is 1.38 bits per heavy atom. The third-order valence-corrected chi connectivity index (χ3v) is 4.71. The van der Waals surface area contributed by atoms with Crippen molar-refractivity contribution < 1.29 is 0 Å². The quantitative estimate of drug-likeness (QED) is 0.859. The molecule has 3 rings (SSSR count). The maximum atomic E-state index is 6.32. The minimum atomic E-state index is 0.316. The van der Waals surface area contributed by atoms with E-state index in [0.29, 0.717) is 28.0 Å². The van der Waals surface area contributed by atoms with E-state index in [2.05, 4.69) is 29.4 Å². The van der Waals surface area contributed by atoms with Gasteiger partial charge in [-0.2, -0.15) is 0 Å². The fourth-order valence-corrected chi connectivity index (χ4v) is 3.42. The van der Waals surface area contributed by atoms with Gasteiger partial charge in [-0.25, -0.2) is 4.68 Å². The van der Waals surface area contributed by atoms with Crippen LogP contribution in [0.4, 0.5) is 5.69 Å². The van der Waals surface area contributed by atoms with Crippen molar-refractivity contribution in [1.29, 1.82) is 0 Å². The Morgan fingerprint density at radius 2 is 2.19 bits per heavy atom. The summed E-state index contributed by atoms with van der Waals surface area (Å²) in [7, 11) is 0. The molecule has 0 aliphatic heterocycles.